The molecule has 0 fully saturated rings. The van der Waals surface area contributed by atoms with Crippen molar-refractivity contribution in [3.8, 4) is 0 Å². The summed E-state index contributed by atoms with van der Waals surface area (Å²) < 4.78 is 1.91. The lowest BCUT2D eigenvalue weighted by atomic mass is 9.90. The molecule has 0 aliphatic carbocycles. The van der Waals surface area contributed by atoms with E-state index in [0.717, 1.165) is 18.7 Å². The second-order valence-corrected chi connectivity index (χ2v) is 4.57. The Labute approximate surface area is 108 Å². The van der Waals surface area contributed by atoms with Crippen LogP contribution in [0.3, 0.4) is 0 Å². The molecule has 0 radical (unpaired) electrons. The van der Waals surface area contributed by atoms with Crippen LogP contribution >= 0.6 is 0 Å². The van der Waals surface area contributed by atoms with Crippen molar-refractivity contribution in [2.45, 2.75) is 52.1 Å². The van der Waals surface area contributed by atoms with Crippen molar-refractivity contribution in [1.82, 2.24) is 15.1 Å². The van der Waals surface area contributed by atoms with Gasteiger partial charge in [-0.15, -0.1) is 0 Å². The normalized spacial score (nSPS) is 14.4. The first-order valence-corrected chi connectivity index (χ1v) is 6.52. The average molecular weight is 253 g/mol. The van der Waals surface area contributed by atoms with E-state index in [0.29, 0.717) is 19.4 Å². The summed E-state index contributed by atoms with van der Waals surface area (Å²) in [4.78, 5) is 11.4. The van der Waals surface area contributed by atoms with E-state index in [1.807, 2.05) is 31.5 Å². The molecule has 0 spiro atoms. The molecule has 5 heteroatoms. The fourth-order valence-corrected chi connectivity index (χ4v) is 2.23. The summed E-state index contributed by atoms with van der Waals surface area (Å²) in [6.07, 6.45) is 3.78. The molecule has 1 unspecified atom stereocenters. The number of carboxylic acids is 1. The monoisotopic (exact) mass is 253 g/mol. The quantitative estimate of drug-likeness (QED) is 0.741. The van der Waals surface area contributed by atoms with Gasteiger partial charge in [0.2, 0.25) is 0 Å². The zero-order valence-electron chi connectivity index (χ0n) is 11.4. The van der Waals surface area contributed by atoms with Gasteiger partial charge in [0.1, 0.15) is 5.54 Å². The Bertz CT molecular complexity index is 389. The van der Waals surface area contributed by atoms with Crippen LogP contribution in [0.25, 0.3) is 0 Å². The summed E-state index contributed by atoms with van der Waals surface area (Å²) >= 11 is 0. The Hall–Kier alpha value is -1.36. The lowest BCUT2D eigenvalue weighted by Crippen LogP contribution is -2.51. The Kier molecular flexibility index (Phi) is 5.34. The number of carboxylic acid groups (broad SMARTS) is 1. The first-order chi connectivity index (χ1) is 8.55. The largest absolute Gasteiger partial charge is 0.480 e. The van der Waals surface area contributed by atoms with Crippen LogP contribution in [-0.2, 0) is 11.3 Å². The third-order valence-electron chi connectivity index (χ3n) is 3.43. The van der Waals surface area contributed by atoms with E-state index in [4.69, 9.17) is 0 Å². The topological polar surface area (TPSA) is 67.2 Å². The van der Waals surface area contributed by atoms with Crippen molar-refractivity contribution in [1.29, 1.82) is 0 Å². The SMILES string of the molecule is CCNC(CC)(CCCn1nccc1C)C(=O)O. The van der Waals surface area contributed by atoms with Gasteiger partial charge >= 0.3 is 5.97 Å². The van der Waals surface area contributed by atoms with Crippen molar-refractivity contribution >= 4 is 5.97 Å². The zero-order chi connectivity index (χ0) is 13.6. The molecule has 0 amide bonds. The summed E-state index contributed by atoms with van der Waals surface area (Å²) in [5, 5.41) is 16.7. The second kappa shape index (κ2) is 6.54. The molecule has 0 saturated carbocycles. The lowest BCUT2D eigenvalue weighted by molar-refractivity contribution is -0.145. The van der Waals surface area contributed by atoms with Crippen LogP contribution in [0, 0.1) is 6.92 Å². The number of aryl methyl sites for hydroxylation is 2. The first kappa shape index (κ1) is 14.7. The summed E-state index contributed by atoms with van der Waals surface area (Å²) in [5.41, 5.74) is 0.311. The molecule has 2 N–H and O–H groups in total. The maximum atomic E-state index is 11.4. The molecule has 1 aromatic heterocycles. The fourth-order valence-electron chi connectivity index (χ4n) is 2.23. The molecule has 5 nitrogen and oxygen atoms in total. The molecule has 1 heterocycles. The molecule has 102 valence electrons. The number of nitrogens with zero attached hydrogens (tertiary/aromatic N) is 2. The van der Waals surface area contributed by atoms with E-state index in [1.165, 1.54) is 0 Å². The van der Waals surface area contributed by atoms with Gasteiger partial charge in [-0.25, -0.2) is 0 Å². The molecular weight excluding hydrogens is 230 g/mol. The Balaban J connectivity index is 2.57. The lowest BCUT2D eigenvalue weighted by Gasteiger charge is -2.29. The van der Waals surface area contributed by atoms with Gasteiger partial charge in [-0.1, -0.05) is 13.8 Å². The highest BCUT2D eigenvalue weighted by molar-refractivity contribution is 5.78. The third-order valence-corrected chi connectivity index (χ3v) is 3.43. The molecular formula is C13H23N3O2. The van der Waals surface area contributed by atoms with Crippen molar-refractivity contribution in [3.05, 3.63) is 18.0 Å². The smallest absolute Gasteiger partial charge is 0.323 e. The number of hydrogen-bond acceptors (Lipinski definition) is 3. The van der Waals surface area contributed by atoms with Crippen LogP contribution in [0.2, 0.25) is 0 Å². The number of aromatic nitrogens is 2. The second-order valence-electron chi connectivity index (χ2n) is 4.57. The summed E-state index contributed by atoms with van der Waals surface area (Å²) in [5.74, 6) is -0.760. The van der Waals surface area contributed by atoms with Gasteiger partial charge in [-0.2, -0.15) is 5.10 Å². The predicted molar refractivity (Wildman–Crippen MR) is 70.5 cm³/mol. The van der Waals surface area contributed by atoms with E-state index < -0.39 is 11.5 Å². The molecule has 0 saturated heterocycles. The number of likely N-dealkylation sites (N-methyl/N-ethyl adjacent to an activating group) is 1. The number of rotatable bonds is 8. The minimum atomic E-state index is -0.796. The van der Waals surface area contributed by atoms with E-state index in [-0.39, 0.29) is 0 Å². The predicted octanol–water partition coefficient (Wildman–Crippen LogP) is 1.81. The van der Waals surface area contributed by atoms with Crippen LogP contribution in [0.15, 0.2) is 12.3 Å². The molecule has 0 aromatic carbocycles. The van der Waals surface area contributed by atoms with E-state index in [9.17, 15) is 9.90 Å². The van der Waals surface area contributed by atoms with Crippen molar-refractivity contribution in [2.24, 2.45) is 0 Å². The van der Waals surface area contributed by atoms with Crippen molar-refractivity contribution in [2.75, 3.05) is 6.54 Å². The fraction of sp³-hybridized carbons (Fsp3) is 0.692. The van der Waals surface area contributed by atoms with Crippen LogP contribution in [0.1, 0.15) is 38.8 Å². The number of carbonyl (C=O) groups is 1. The molecule has 0 aliphatic heterocycles. The van der Waals surface area contributed by atoms with Crippen LogP contribution in [0.4, 0.5) is 0 Å². The maximum Gasteiger partial charge on any atom is 0.323 e. The van der Waals surface area contributed by atoms with E-state index >= 15 is 0 Å². The van der Waals surface area contributed by atoms with Gasteiger partial charge in [0.15, 0.2) is 0 Å². The maximum absolute atomic E-state index is 11.4. The molecule has 1 rings (SSSR count). The molecule has 18 heavy (non-hydrogen) atoms. The number of hydrogen-bond donors (Lipinski definition) is 2. The van der Waals surface area contributed by atoms with Gasteiger partial charge in [0.05, 0.1) is 0 Å². The van der Waals surface area contributed by atoms with Gasteiger partial charge in [0.25, 0.3) is 0 Å². The van der Waals surface area contributed by atoms with Crippen molar-refractivity contribution in [3.63, 3.8) is 0 Å². The first-order valence-electron chi connectivity index (χ1n) is 6.52. The summed E-state index contributed by atoms with van der Waals surface area (Å²) in [6.45, 7) is 7.28. The van der Waals surface area contributed by atoms with Crippen LogP contribution in [0.5, 0.6) is 0 Å². The Morgan fingerprint density at radius 1 is 1.56 bits per heavy atom. The van der Waals surface area contributed by atoms with Gasteiger partial charge < -0.3 is 10.4 Å². The van der Waals surface area contributed by atoms with Gasteiger partial charge in [-0.05, 0) is 38.8 Å². The standard InChI is InChI=1S/C13H23N3O2/c1-4-13(12(17)18,14-5-2)8-6-10-16-11(3)7-9-15-16/h7,9,14H,4-6,8,10H2,1-3H3,(H,17,18). The highest BCUT2D eigenvalue weighted by Crippen LogP contribution is 2.18. The number of aliphatic carboxylic acids is 1. The van der Waals surface area contributed by atoms with Crippen LogP contribution in [-0.4, -0.2) is 32.9 Å². The van der Waals surface area contributed by atoms with Gasteiger partial charge in [0, 0.05) is 18.4 Å². The molecule has 0 bridgehead atoms. The summed E-state index contributed by atoms with van der Waals surface area (Å²) in [7, 11) is 0. The third kappa shape index (κ3) is 3.32. The van der Waals surface area contributed by atoms with Crippen molar-refractivity contribution < 1.29 is 9.90 Å². The van der Waals surface area contributed by atoms with E-state index in [2.05, 4.69) is 10.4 Å². The minimum Gasteiger partial charge on any atom is -0.480 e. The average Bonchev–Trinajstić information content (AvgIpc) is 2.73. The number of nitrogens with one attached hydrogen (secondary N) is 1. The van der Waals surface area contributed by atoms with Crippen LogP contribution < -0.4 is 5.32 Å². The highest BCUT2D eigenvalue weighted by atomic mass is 16.4. The Morgan fingerprint density at radius 3 is 2.72 bits per heavy atom. The minimum absolute atomic E-state index is 0.592. The summed E-state index contributed by atoms with van der Waals surface area (Å²) in [6, 6.07) is 1.95. The van der Waals surface area contributed by atoms with Gasteiger partial charge in [-0.3, -0.25) is 9.48 Å². The molecule has 0 aliphatic rings. The van der Waals surface area contributed by atoms with E-state index in [1.54, 1.807) is 6.20 Å². The Morgan fingerprint density at radius 2 is 2.28 bits per heavy atom. The molecule has 1 aromatic rings. The zero-order valence-corrected chi connectivity index (χ0v) is 11.4. The molecule has 1 atom stereocenters. The highest BCUT2D eigenvalue weighted by Gasteiger charge is 2.34.